The lowest BCUT2D eigenvalue weighted by Crippen LogP contribution is -2.30. The fourth-order valence-corrected chi connectivity index (χ4v) is 2.55. The van der Waals surface area contributed by atoms with Gasteiger partial charge in [-0.05, 0) is 48.2 Å². The fourth-order valence-electron chi connectivity index (χ4n) is 2.55. The first-order valence-electron chi connectivity index (χ1n) is 7.50. The Labute approximate surface area is 135 Å². The third-order valence-electron chi connectivity index (χ3n) is 4.08. The number of fused-ring (bicyclic) bond motifs is 1. The normalized spacial score (nSPS) is 15.1. The zero-order chi connectivity index (χ0) is 17.0. The van der Waals surface area contributed by atoms with Gasteiger partial charge in [0.2, 0.25) is 0 Å². The number of ether oxygens (including phenoxy) is 1. The molecule has 0 aromatic heterocycles. The van der Waals surface area contributed by atoms with Gasteiger partial charge in [-0.3, -0.25) is 4.79 Å². The largest absolute Gasteiger partial charge is 0.497 e. The third kappa shape index (κ3) is 4.21. The maximum absolute atomic E-state index is 11.6. The molecule has 2 atom stereocenters. The first-order chi connectivity index (χ1) is 10.9. The zero-order valence-corrected chi connectivity index (χ0v) is 13.3. The molecule has 0 aliphatic rings. The topological polar surface area (TPSA) is 87.0 Å². The molecule has 0 spiro atoms. The van der Waals surface area contributed by atoms with Crippen molar-refractivity contribution < 1.29 is 24.9 Å². The van der Waals surface area contributed by atoms with Crippen molar-refractivity contribution in [2.45, 2.75) is 31.3 Å². The molecule has 2 aromatic carbocycles. The van der Waals surface area contributed by atoms with Gasteiger partial charge in [-0.25, -0.2) is 0 Å². The van der Waals surface area contributed by atoms with Gasteiger partial charge in [-0.1, -0.05) is 24.3 Å². The number of hydrogen-bond acceptors (Lipinski definition) is 4. The lowest BCUT2D eigenvalue weighted by atomic mass is 9.88. The van der Waals surface area contributed by atoms with Crippen LogP contribution in [0.1, 0.15) is 31.2 Å². The summed E-state index contributed by atoms with van der Waals surface area (Å²) in [6.45, 7) is 1.11. The molecule has 2 rings (SSSR count). The number of aliphatic hydroxyl groups excluding tert-OH is 1. The molecule has 0 heterocycles. The molecule has 3 N–H and O–H groups in total. The van der Waals surface area contributed by atoms with Crippen LogP contribution in [0.15, 0.2) is 36.4 Å². The molecule has 0 aliphatic heterocycles. The van der Waals surface area contributed by atoms with E-state index in [1.54, 1.807) is 13.2 Å². The molecule has 124 valence electrons. The van der Waals surface area contributed by atoms with Crippen LogP contribution in [0.25, 0.3) is 10.8 Å². The number of aliphatic hydroxyl groups is 2. The smallest absolute Gasteiger partial charge is 0.310 e. The van der Waals surface area contributed by atoms with Gasteiger partial charge in [0.1, 0.15) is 5.75 Å². The summed E-state index contributed by atoms with van der Waals surface area (Å²) in [4.78, 5) is 11.6. The average molecular weight is 318 g/mol. The Morgan fingerprint density at radius 3 is 2.48 bits per heavy atom. The van der Waals surface area contributed by atoms with E-state index in [0.717, 1.165) is 16.5 Å². The second-order valence-electron chi connectivity index (χ2n) is 6.06. The van der Waals surface area contributed by atoms with Gasteiger partial charge < -0.3 is 20.1 Å². The van der Waals surface area contributed by atoms with E-state index >= 15 is 0 Å². The van der Waals surface area contributed by atoms with Crippen LogP contribution in [-0.4, -0.2) is 40.6 Å². The van der Waals surface area contributed by atoms with Crippen molar-refractivity contribution >= 4 is 16.7 Å². The van der Waals surface area contributed by atoms with Gasteiger partial charge in [0.05, 0.1) is 25.2 Å². The zero-order valence-electron chi connectivity index (χ0n) is 13.3. The molecule has 0 saturated carbocycles. The van der Waals surface area contributed by atoms with Crippen molar-refractivity contribution in [3.05, 3.63) is 42.0 Å². The quantitative estimate of drug-likeness (QED) is 0.730. The van der Waals surface area contributed by atoms with Crippen LogP contribution in [0.5, 0.6) is 5.75 Å². The first kappa shape index (κ1) is 17.2. The van der Waals surface area contributed by atoms with Crippen molar-refractivity contribution in [1.82, 2.24) is 0 Å². The van der Waals surface area contributed by atoms with Crippen LogP contribution >= 0.6 is 0 Å². The standard InChI is InChI=1S/C18H22O5/c1-18(22,11-19)8-7-16(17(20)21)14-4-3-13-10-15(23-2)6-5-12(13)9-14/h3-6,9-10,16,19,22H,7-8,11H2,1-2H3,(H,20,21)/t16-,18?/m1/s1. The monoisotopic (exact) mass is 318 g/mol. The SMILES string of the molecule is COc1ccc2cc([C@@H](CCC(C)(O)CO)C(=O)O)ccc2c1. The van der Waals surface area contributed by atoms with Crippen molar-refractivity contribution in [2.24, 2.45) is 0 Å². The Hall–Kier alpha value is -2.11. The maximum atomic E-state index is 11.6. The molecule has 0 aliphatic carbocycles. The number of hydrogen-bond donors (Lipinski definition) is 3. The van der Waals surface area contributed by atoms with Crippen molar-refractivity contribution in [3.8, 4) is 5.75 Å². The molecular weight excluding hydrogens is 296 g/mol. The molecule has 0 bridgehead atoms. The summed E-state index contributed by atoms with van der Waals surface area (Å²) in [5.41, 5.74) is -0.582. The molecule has 0 radical (unpaired) electrons. The number of carbonyl (C=O) groups is 1. The second kappa shape index (κ2) is 6.98. The number of benzene rings is 2. The minimum Gasteiger partial charge on any atom is -0.497 e. The van der Waals surface area contributed by atoms with E-state index in [9.17, 15) is 15.0 Å². The Kier molecular flexibility index (Phi) is 5.23. The Morgan fingerprint density at radius 1 is 1.22 bits per heavy atom. The molecule has 0 fully saturated rings. The summed E-state index contributed by atoms with van der Waals surface area (Å²) in [6.07, 6.45) is 0.464. The lowest BCUT2D eigenvalue weighted by molar-refractivity contribution is -0.139. The fraction of sp³-hybridized carbons (Fsp3) is 0.389. The van der Waals surface area contributed by atoms with Crippen LogP contribution in [0.4, 0.5) is 0 Å². The third-order valence-corrected chi connectivity index (χ3v) is 4.08. The van der Waals surface area contributed by atoms with Crippen LogP contribution in [0, 0.1) is 0 Å². The highest BCUT2D eigenvalue weighted by Crippen LogP contribution is 2.29. The molecular formula is C18H22O5. The van der Waals surface area contributed by atoms with Crippen LogP contribution in [0.2, 0.25) is 0 Å². The van der Waals surface area contributed by atoms with Gasteiger partial charge >= 0.3 is 5.97 Å². The van der Waals surface area contributed by atoms with Gasteiger partial charge in [-0.15, -0.1) is 0 Å². The van der Waals surface area contributed by atoms with Crippen molar-refractivity contribution in [2.75, 3.05) is 13.7 Å². The van der Waals surface area contributed by atoms with E-state index in [1.165, 1.54) is 6.92 Å². The molecule has 5 heteroatoms. The van der Waals surface area contributed by atoms with Gasteiger partial charge in [-0.2, -0.15) is 0 Å². The highest BCUT2D eigenvalue weighted by Gasteiger charge is 2.26. The average Bonchev–Trinajstić information content (AvgIpc) is 2.54. The van der Waals surface area contributed by atoms with Gasteiger partial charge in [0, 0.05) is 0 Å². The minimum absolute atomic E-state index is 0.209. The number of carboxylic acids is 1. The lowest BCUT2D eigenvalue weighted by Gasteiger charge is -2.22. The molecule has 0 saturated heterocycles. The summed E-state index contributed by atoms with van der Waals surface area (Å²) < 4.78 is 5.18. The first-order valence-corrected chi connectivity index (χ1v) is 7.50. The molecule has 2 aromatic rings. The van der Waals surface area contributed by atoms with E-state index in [4.69, 9.17) is 9.84 Å². The molecule has 5 nitrogen and oxygen atoms in total. The Balaban J connectivity index is 2.28. The van der Waals surface area contributed by atoms with Crippen LogP contribution in [0.3, 0.4) is 0 Å². The van der Waals surface area contributed by atoms with E-state index in [2.05, 4.69) is 0 Å². The van der Waals surface area contributed by atoms with Gasteiger partial charge in [0.15, 0.2) is 0 Å². The number of aliphatic carboxylic acids is 1. The van der Waals surface area contributed by atoms with Crippen molar-refractivity contribution in [1.29, 1.82) is 0 Å². The van der Waals surface area contributed by atoms with E-state index < -0.39 is 24.1 Å². The highest BCUT2D eigenvalue weighted by molar-refractivity contribution is 5.86. The summed E-state index contributed by atoms with van der Waals surface area (Å²) >= 11 is 0. The summed E-state index contributed by atoms with van der Waals surface area (Å²) in [7, 11) is 1.60. The number of rotatable bonds is 7. The Bertz CT molecular complexity index is 693. The molecule has 0 amide bonds. The summed E-state index contributed by atoms with van der Waals surface area (Å²) in [6, 6.07) is 11.1. The second-order valence-corrected chi connectivity index (χ2v) is 6.06. The summed E-state index contributed by atoms with van der Waals surface area (Å²) in [5, 5.41) is 30.4. The minimum atomic E-state index is -1.27. The van der Waals surface area contributed by atoms with Crippen LogP contribution < -0.4 is 4.74 Å². The number of carboxylic acid groups (broad SMARTS) is 1. The van der Waals surface area contributed by atoms with E-state index in [-0.39, 0.29) is 12.8 Å². The molecule has 1 unspecified atom stereocenters. The van der Waals surface area contributed by atoms with E-state index in [1.807, 2.05) is 30.3 Å². The highest BCUT2D eigenvalue weighted by atomic mass is 16.5. The predicted octanol–water partition coefficient (Wildman–Crippen LogP) is 2.54. The Morgan fingerprint density at radius 2 is 1.87 bits per heavy atom. The molecule has 23 heavy (non-hydrogen) atoms. The van der Waals surface area contributed by atoms with Crippen molar-refractivity contribution in [3.63, 3.8) is 0 Å². The number of methoxy groups -OCH3 is 1. The predicted molar refractivity (Wildman–Crippen MR) is 87.8 cm³/mol. The maximum Gasteiger partial charge on any atom is 0.310 e. The van der Waals surface area contributed by atoms with E-state index in [0.29, 0.717) is 5.56 Å². The summed E-state index contributed by atoms with van der Waals surface area (Å²) in [5.74, 6) is -0.912. The van der Waals surface area contributed by atoms with Gasteiger partial charge in [0.25, 0.3) is 0 Å². The van der Waals surface area contributed by atoms with Crippen LogP contribution in [-0.2, 0) is 4.79 Å².